The fourth-order valence-electron chi connectivity index (χ4n) is 4.96. The fraction of sp³-hybridized carbons (Fsp3) is 0. The zero-order chi connectivity index (χ0) is 25.3. The van der Waals surface area contributed by atoms with Crippen molar-refractivity contribution in [1.82, 2.24) is 15.0 Å². The largest absolute Gasteiger partial charge is 0.359 e. The van der Waals surface area contributed by atoms with E-state index in [9.17, 15) is 0 Å². The predicted molar refractivity (Wildman–Crippen MR) is 155 cm³/mol. The maximum atomic E-state index is 4.90. The Hall–Kier alpha value is -5.29. The summed E-state index contributed by atoms with van der Waals surface area (Å²) in [5.41, 5.74) is 10.0. The molecule has 0 spiro atoms. The third kappa shape index (κ3) is 3.96. The van der Waals surface area contributed by atoms with Crippen molar-refractivity contribution in [3.05, 3.63) is 126 Å². The molecule has 0 amide bonds. The van der Waals surface area contributed by atoms with Gasteiger partial charge in [-0.05, 0) is 76.9 Å². The van der Waals surface area contributed by atoms with E-state index in [2.05, 4.69) is 75.2 Å². The first-order chi connectivity index (χ1) is 18.8. The molecule has 5 nitrogen and oxygen atoms in total. The van der Waals surface area contributed by atoms with E-state index in [1.54, 1.807) is 12.4 Å². The number of hydrogen-bond donors (Lipinski definition) is 2. The fourth-order valence-corrected chi connectivity index (χ4v) is 4.96. The van der Waals surface area contributed by atoms with Crippen molar-refractivity contribution < 1.29 is 0 Å². The van der Waals surface area contributed by atoms with E-state index in [-0.39, 0.29) is 0 Å². The Morgan fingerprint density at radius 3 is 1.82 bits per heavy atom. The summed E-state index contributed by atoms with van der Waals surface area (Å²) in [6.45, 7) is 0. The van der Waals surface area contributed by atoms with Gasteiger partial charge in [-0.15, -0.1) is 0 Å². The number of rotatable bonds is 4. The highest BCUT2D eigenvalue weighted by Gasteiger charge is 2.14. The normalized spacial score (nSPS) is 12.8. The number of pyridine rings is 3. The van der Waals surface area contributed by atoms with Crippen LogP contribution in [0, 0.1) is 0 Å². The minimum absolute atomic E-state index is 0.820. The molecule has 5 heteroatoms. The topological polar surface area (TPSA) is 62.7 Å². The SMILES string of the molecule is C1=CNc2c3c(c(-c4ccc(-c5cc(-c6ccccn6)nc(-c6ccccn6)c5)cc4)cc2=C1)=CC=CN3. The summed E-state index contributed by atoms with van der Waals surface area (Å²) in [4.78, 5) is 14.0. The summed E-state index contributed by atoms with van der Waals surface area (Å²) in [6, 6.07) is 26.9. The Balaban J connectivity index is 1.34. The van der Waals surface area contributed by atoms with Gasteiger partial charge < -0.3 is 10.6 Å². The van der Waals surface area contributed by atoms with E-state index in [1.807, 2.05) is 61.0 Å². The van der Waals surface area contributed by atoms with Crippen molar-refractivity contribution in [1.29, 1.82) is 0 Å². The van der Waals surface area contributed by atoms with E-state index in [4.69, 9.17) is 4.98 Å². The van der Waals surface area contributed by atoms with Crippen molar-refractivity contribution in [2.75, 3.05) is 10.6 Å². The molecular weight excluding hydrogens is 466 g/mol. The van der Waals surface area contributed by atoms with E-state index in [0.29, 0.717) is 0 Å². The number of nitrogens with one attached hydrogen (secondary N) is 2. The molecule has 2 aliphatic heterocycles. The number of anilines is 2. The van der Waals surface area contributed by atoms with Crippen LogP contribution in [0.4, 0.5) is 11.4 Å². The molecule has 0 saturated heterocycles. The zero-order valence-electron chi connectivity index (χ0n) is 20.5. The molecule has 7 rings (SSSR count). The second kappa shape index (κ2) is 9.30. The van der Waals surface area contributed by atoms with Crippen LogP contribution in [-0.2, 0) is 0 Å². The lowest BCUT2D eigenvalue weighted by atomic mass is 9.95. The van der Waals surface area contributed by atoms with Gasteiger partial charge in [-0.25, -0.2) is 4.98 Å². The molecule has 0 fully saturated rings. The molecule has 5 aromatic rings. The van der Waals surface area contributed by atoms with Gasteiger partial charge in [-0.1, -0.05) is 48.6 Å². The average molecular weight is 490 g/mol. The molecule has 0 unspecified atom stereocenters. The molecule has 38 heavy (non-hydrogen) atoms. The van der Waals surface area contributed by atoms with E-state index < -0.39 is 0 Å². The Morgan fingerprint density at radius 2 is 1.16 bits per heavy atom. The van der Waals surface area contributed by atoms with Crippen LogP contribution in [0.25, 0.3) is 57.2 Å². The molecule has 2 aromatic carbocycles. The van der Waals surface area contributed by atoms with Crippen LogP contribution in [0.2, 0.25) is 0 Å². The van der Waals surface area contributed by atoms with Gasteiger partial charge in [-0.2, -0.15) is 0 Å². The lowest BCUT2D eigenvalue weighted by Crippen LogP contribution is -2.23. The van der Waals surface area contributed by atoms with Crippen LogP contribution in [0.15, 0.2) is 116 Å². The summed E-state index contributed by atoms with van der Waals surface area (Å²) < 4.78 is 0. The van der Waals surface area contributed by atoms with E-state index >= 15 is 0 Å². The quantitative estimate of drug-likeness (QED) is 0.325. The molecule has 5 heterocycles. The molecule has 0 aliphatic carbocycles. The van der Waals surface area contributed by atoms with E-state index in [1.165, 1.54) is 10.8 Å². The highest BCUT2D eigenvalue weighted by molar-refractivity contribution is 5.86. The summed E-state index contributed by atoms with van der Waals surface area (Å²) in [6.07, 6.45) is 15.9. The molecule has 3 aromatic heterocycles. The van der Waals surface area contributed by atoms with Crippen LogP contribution >= 0.6 is 0 Å². The second-order valence-corrected chi connectivity index (χ2v) is 9.15. The molecule has 0 radical (unpaired) electrons. The molecule has 0 bridgehead atoms. The van der Waals surface area contributed by atoms with Gasteiger partial charge in [0.15, 0.2) is 0 Å². The predicted octanol–water partition coefficient (Wildman–Crippen LogP) is 5.98. The van der Waals surface area contributed by atoms with Crippen molar-refractivity contribution >= 4 is 23.5 Å². The summed E-state index contributed by atoms with van der Waals surface area (Å²) in [5.74, 6) is 0. The third-order valence-electron chi connectivity index (χ3n) is 6.79. The first-order valence-corrected chi connectivity index (χ1v) is 12.5. The molecule has 0 atom stereocenters. The minimum atomic E-state index is 0.820. The summed E-state index contributed by atoms with van der Waals surface area (Å²) in [5, 5.41) is 9.17. The lowest BCUT2D eigenvalue weighted by Gasteiger charge is -2.19. The Labute approximate surface area is 220 Å². The molecule has 2 N–H and O–H groups in total. The second-order valence-electron chi connectivity index (χ2n) is 9.15. The number of allylic oxidation sites excluding steroid dienone is 2. The van der Waals surface area contributed by atoms with Gasteiger partial charge in [0.2, 0.25) is 0 Å². The number of hydrogen-bond acceptors (Lipinski definition) is 5. The zero-order valence-corrected chi connectivity index (χ0v) is 20.5. The van der Waals surface area contributed by atoms with Gasteiger partial charge in [0.1, 0.15) is 0 Å². The number of benzene rings is 2. The molecular formula is C33H23N5. The Bertz CT molecular complexity index is 1780. The molecule has 2 aliphatic rings. The summed E-state index contributed by atoms with van der Waals surface area (Å²) >= 11 is 0. The number of fused-ring (bicyclic) bond motifs is 3. The van der Waals surface area contributed by atoms with Crippen molar-refractivity contribution in [3.8, 4) is 45.0 Å². The van der Waals surface area contributed by atoms with Crippen molar-refractivity contribution in [2.45, 2.75) is 0 Å². The van der Waals surface area contributed by atoms with Gasteiger partial charge in [0, 0.05) is 35.2 Å². The number of nitrogens with zero attached hydrogens (tertiary/aromatic N) is 3. The maximum Gasteiger partial charge on any atom is 0.0900 e. The molecule has 180 valence electrons. The van der Waals surface area contributed by atoms with Crippen LogP contribution < -0.4 is 21.1 Å². The molecule has 0 saturated carbocycles. The smallest absolute Gasteiger partial charge is 0.0900 e. The highest BCUT2D eigenvalue weighted by atomic mass is 14.9. The van der Waals surface area contributed by atoms with Gasteiger partial charge in [0.05, 0.1) is 34.2 Å². The summed E-state index contributed by atoms with van der Waals surface area (Å²) in [7, 11) is 0. The average Bonchev–Trinajstić information content (AvgIpc) is 3.01. The van der Waals surface area contributed by atoms with Crippen molar-refractivity contribution in [3.63, 3.8) is 0 Å². The Morgan fingerprint density at radius 1 is 0.526 bits per heavy atom. The van der Waals surface area contributed by atoms with Crippen LogP contribution in [0.5, 0.6) is 0 Å². The Kier molecular flexibility index (Phi) is 5.37. The highest BCUT2D eigenvalue weighted by Crippen LogP contribution is 2.31. The lowest BCUT2D eigenvalue weighted by molar-refractivity contribution is 1.22. The van der Waals surface area contributed by atoms with Crippen LogP contribution in [0.1, 0.15) is 0 Å². The number of aromatic nitrogens is 3. The van der Waals surface area contributed by atoms with Crippen molar-refractivity contribution in [2.24, 2.45) is 0 Å². The van der Waals surface area contributed by atoms with Gasteiger partial charge >= 0.3 is 0 Å². The van der Waals surface area contributed by atoms with Crippen LogP contribution in [0.3, 0.4) is 0 Å². The first-order valence-electron chi connectivity index (χ1n) is 12.5. The first kappa shape index (κ1) is 21.9. The van der Waals surface area contributed by atoms with Gasteiger partial charge in [0.25, 0.3) is 0 Å². The monoisotopic (exact) mass is 489 g/mol. The maximum absolute atomic E-state index is 4.90. The minimum Gasteiger partial charge on any atom is -0.359 e. The van der Waals surface area contributed by atoms with E-state index in [0.717, 1.165) is 56.1 Å². The van der Waals surface area contributed by atoms with Crippen LogP contribution in [-0.4, -0.2) is 15.0 Å². The third-order valence-corrected chi connectivity index (χ3v) is 6.79. The standard InChI is InChI=1S/C33H23N5/c1-3-15-34-28(9-1)30-20-25(21-31(38-30)29-10-2-4-16-35-29)22-11-13-23(14-12-22)27-19-24-7-5-17-36-32(24)33-26(27)8-6-18-37-33/h1-21,36-37H. The van der Waals surface area contributed by atoms with Gasteiger partial charge in [-0.3, -0.25) is 9.97 Å².